The van der Waals surface area contributed by atoms with Gasteiger partial charge in [0.1, 0.15) is 24.9 Å². The van der Waals surface area contributed by atoms with Crippen molar-refractivity contribution in [3.05, 3.63) is 88.5 Å². The van der Waals surface area contributed by atoms with Gasteiger partial charge >= 0.3 is 0 Å². The average Bonchev–Trinajstić information content (AvgIpc) is 2.96. The van der Waals surface area contributed by atoms with Gasteiger partial charge in [0, 0.05) is 29.0 Å². The van der Waals surface area contributed by atoms with E-state index in [1.807, 2.05) is 30.6 Å². The molecular weight excluding hydrogens is 412 g/mol. The Labute approximate surface area is 186 Å². The molecule has 158 valence electrons. The highest BCUT2D eigenvalue weighted by atomic mass is 35.5. The second-order valence-corrected chi connectivity index (χ2v) is 8.68. The first-order chi connectivity index (χ1) is 15.1. The van der Waals surface area contributed by atoms with Gasteiger partial charge in [0.25, 0.3) is 0 Å². The van der Waals surface area contributed by atoms with Gasteiger partial charge in [-0.3, -0.25) is 14.5 Å². The molecule has 0 N–H and O–H groups in total. The fourth-order valence-corrected chi connectivity index (χ4v) is 5.36. The van der Waals surface area contributed by atoms with Crippen LogP contribution in [0, 0.1) is 0 Å². The lowest BCUT2D eigenvalue weighted by Gasteiger charge is -2.49. The molecule has 6 nitrogen and oxygen atoms in total. The van der Waals surface area contributed by atoms with Crippen LogP contribution in [0.3, 0.4) is 0 Å². The van der Waals surface area contributed by atoms with Crippen molar-refractivity contribution >= 4 is 23.4 Å². The van der Waals surface area contributed by atoms with E-state index in [1.54, 1.807) is 6.20 Å². The second-order valence-electron chi connectivity index (χ2n) is 8.24. The number of pyridine rings is 2. The lowest BCUT2D eigenvalue weighted by molar-refractivity contribution is -0.266. The van der Waals surface area contributed by atoms with Crippen molar-refractivity contribution < 1.29 is 9.90 Å². The van der Waals surface area contributed by atoms with Crippen LogP contribution >= 0.6 is 11.6 Å². The van der Waals surface area contributed by atoms with Crippen LogP contribution in [-0.2, 0) is 12.8 Å². The maximum atomic E-state index is 11.5. The van der Waals surface area contributed by atoms with Crippen LogP contribution in [0.4, 0.5) is 10.5 Å². The fourth-order valence-electron chi connectivity index (χ4n) is 5.17. The quantitative estimate of drug-likeness (QED) is 0.581. The van der Waals surface area contributed by atoms with Crippen molar-refractivity contribution in [3.63, 3.8) is 0 Å². The molecule has 1 saturated heterocycles. The number of hydrogen-bond acceptors (Lipinski definition) is 4. The van der Waals surface area contributed by atoms with Gasteiger partial charge < -0.3 is 14.8 Å². The summed E-state index contributed by atoms with van der Waals surface area (Å²) in [6.45, 7) is 2.03. The summed E-state index contributed by atoms with van der Waals surface area (Å²) in [7, 11) is 0. The van der Waals surface area contributed by atoms with Crippen LogP contribution in [0.1, 0.15) is 28.4 Å². The SMILES string of the molecule is O=C([O-])N1CC[N+](c2cccnc2)([C@@H]2c3ccc(Cl)cc3CCc3cccnc32)CC1. The summed E-state index contributed by atoms with van der Waals surface area (Å²) < 4.78 is 0.566. The normalized spacial score (nSPS) is 19.8. The molecule has 2 aliphatic rings. The third-order valence-electron chi connectivity index (χ3n) is 6.70. The zero-order chi connectivity index (χ0) is 21.4. The second kappa shape index (κ2) is 7.94. The predicted molar refractivity (Wildman–Crippen MR) is 118 cm³/mol. The molecule has 0 spiro atoms. The van der Waals surface area contributed by atoms with Gasteiger partial charge in [-0.1, -0.05) is 23.7 Å². The number of aryl methyl sites for hydroxylation is 2. The monoisotopic (exact) mass is 434 g/mol. The fraction of sp³-hybridized carbons (Fsp3) is 0.292. The third kappa shape index (κ3) is 3.46. The van der Waals surface area contributed by atoms with Crippen LogP contribution in [0.15, 0.2) is 61.1 Å². The molecule has 0 unspecified atom stereocenters. The summed E-state index contributed by atoms with van der Waals surface area (Å²) in [5.41, 5.74) is 5.76. The van der Waals surface area contributed by atoms with E-state index in [0.29, 0.717) is 30.7 Å². The van der Waals surface area contributed by atoms with Gasteiger partial charge in [0.15, 0.2) is 11.7 Å². The summed E-state index contributed by atoms with van der Waals surface area (Å²) in [6.07, 6.45) is 6.19. The Morgan fingerprint density at radius 3 is 2.58 bits per heavy atom. The Morgan fingerprint density at radius 2 is 1.84 bits per heavy atom. The van der Waals surface area contributed by atoms with Gasteiger partial charge in [0.05, 0.1) is 19.3 Å². The summed E-state index contributed by atoms with van der Waals surface area (Å²) >= 11 is 6.37. The number of benzene rings is 1. The number of halogens is 1. The van der Waals surface area contributed by atoms with E-state index < -0.39 is 6.09 Å². The third-order valence-corrected chi connectivity index (χ3v) is 6.93. The van der Waals surface area contributed by atoms with E-state index in [9.17, 15) is 9.90 Å². The van der Waals surface area contributed by atoms with Crippen molar-refractivity contribution in [2.24, 2.45) is 0 Å². The van der Waals surface area contributed by atoms with Crippen LogP contribution in [0.5, 0.6) is 0 Å². The molecule has 1 aliphatic heterocycles. The maximum absolute atomic E-state index is 11.5. The topological polar surface area (TPSA) is 69.2 Å². The largest absolute Gasteiger partial charge is 0.530 e. The zero-order valence-electron chi connectivity index (χ0n) is 17.1. The first kappa shape index (κ1) is 20.0. The number of amides is 1. The molecule has 1 amide bonds. The van der Waals surface area contributed by atoms with Crippen LogP contribution in [-0.4, -0.2) is 47.1 Å². The summed E-state index contributed by atoms with van der Waals surface area (Å²) in [5.74, 6) is 0. The summed E-state index contributed by atoms with van der Waals surface area (Å²) in [6, 6.07) is 14.2. The highest BCUT2D eigenvalue weighted by Crippen LogP contribution is 2.44. The molecule has 3 aromatic rings. The first-order valence-electron chi connectivity index (χ1n) is 10.5. The molecule has 1 fully saturated rings. The maximum Gasteiger partial charge on any atom is 0.163 e. The van der Waals surface area contributed by atoms with E-state index in [1.165, 1.54) is 21.6 Å². The van der Waals surface area contributed by atoms with Crippen molar-refractivity contribution in [3.8, 4) is 0 Å². The van der Waals surface area contributed by atoms with E-state index in [0.717, 1.165) is 29.2 Å². The van der Waals surface area contributed by atoms with E-state index in [-0.39, 0.29) is 6.04 Å². The van der Waals surface area contributed by atoms with Gasteiger partial charge in [-0.25, -0.2) is 0 Å². The lowest BCUT2D eigenvalue weighted by atomic mass is 9.92. The zero-order valence-corrected chi connectivity index (χ0v) is 17.8. The standard InChI is InChI=1S/C24H23ClN4O2/c25-19-7-8-21-18(15-19)6-5-17-3-1-10-27-22(17)23(21)29(20-4-2-9-26-16-20)13-11-28(12-14-29)24(30)31/h1-4,7-10,15-16,23H,5-6,11-14H2/t23-/m1/s1. The Bertz CT molecular complexity index is 1110. The van der Waals surface area contributed by atoms with Crippen molar-refractivity contribution in [2.45, 2.75) is 18.9 Å². The van der Waals surface area contributed by atoms with E-state index >= 15 is 0 Å². The number of piperazine rings is 1. The minimum absolute atomic E-state index is 0.0703. The van der Waals surface area contributed by atoms with Gasteiger partial charge in [-0.05, 0) is 48.2 Å². The number of carbonyl (C=O) groups excluding carboxylic acids is 1. The molecule has 7 heteroatoms. The van der Waals surface area contributed by atoms with Gasteiger partial charge in [0.2, 0.25) is 0 Å². The summed E-state index contributed by atoms with van der Waals surface area (Å²) in [5, 5.41) is 12.3. The summed E-state index contributed by atoms with van der Waals surface area (Å²) in [4.78, 5) is 22.2. The molecular formula is C24H23ClN4O2. The highest BCUT2D eigenvalue weighted by Gasteiger charge is 2.47. The number of hydrogen-bond donors (Lipinski definition) is 0. The minimum Gasteiger partial charge on any atom is -0.530 e. The van der Waals surface area contributed by atoms with E-state index in [4.69, 9.17) is 16.6 Å². The Balaban J connectivity index is 1.74. The Morgan fingerprint density at radius 1 is 1.06 bits per heavy atom. The minimum atomic E-state index is -1.12. The number of rotatable bonds is 2. The number of aromatic nitrogens is 2. The molecule has 31 heavy (non-hydrogen) atoms. The molecule has 0 radical (unpaired) electrons. The molecule has 1 aliphatic carbocycles. The van der Waals surface area contributed by atoms with Crippen LogP contribution in [0.2, 0.25) is 5.02 Å². The number of carbonyl (C=O) groups is 1. The molecule has 3 heterocycles. The number of nitrogens with zero attached hydrogens (tertiary/aromatic N) is 4. The van der Waals surface area contributed by atoms with Crippen molar-refractivity contribution in [1.82, 2.24) is 19.4 Å². The highest BCUT2D eigenvalue weighted by molar-refractivity contribution is 6.30. The number of fused-ring (bicyclic) bond motifs is 2. The van der Waals surface area contributed by atoms with Crippen LogP contribution in [0.25, 0.3) is 0 Å². The van der Waals surface area contributed by atoms with Crippen molar-refractivity contribution in [1.29, 1.82) is 0 Å². The molecule has 0 bridgehead atoms. The van der Waals surface area contributed by atoms with E-state index in [2.05, 4.69) is 29.2 Å². The van der Waals surface area contributed by atoms with Crippen LogP contribution < -0.4 is 9.59 Å². The molecule has 1 atom stereocenters. The molecule has 1 aromatic carbocycles. The lowest BCUT2D eigenvalue weighted by Crippen LogP contribution is -2.64. The smallest absolute Gasteiger partial charge is 0.163 e. The molecule has 0 saturated carbocycles. The molecule has 2 aromatic heterocycles. The molecule has 5 rings (SSSR count). The predicted octanol–water partition coefficient (Wildman–Crippen LogP) is 2.98. The number of quaternary nitrogens is 1. The Kier molecular flexibility index (Phi) is 5.12. The Hall–Kier alpha value is -2.96. The average molecular weight is 435 g/mol. The van der Waals surface area contributed by atoms with Gasteiger partial charge in [-0.2, -0.15) is 0 Å². The van der Waals surface area contributed by atoms with Gasteiger partial charge in [-0.15, -0.1) is 0 Å². The first-order valence-corrected chi connectivity index (χ1v) is 10.9. The number of carboxylic acid groups (broad SMARTS) is 1. The van der Waals surface area contributed by atoms with Crippen molar-refractivity contribution in [2.75, 3.05) is 26.2 Å².